The average molecular weight is 1390 g/mol. The quantitative estimate of drug-likeness (QED) is 0.0199. The van der Waals surface area contributed by atoms with E-state index >= 15 is 0 Å². The number of imide groups is 2. The van der Waals surface area contributed by atoms with Gasteiger partial charge >= 0.3 is 5.97 Å². The molecule has 1 aliphatic rings. The van der Waals surface area contributed by atoms with Gasteiger partial charge in [0.2, 0.25) is 53.2 Å². The van der Waals surface area contributed by atoms with Gasteiger partial charge in [0.15, 0.2) is 0 Å². The Kier molecular flexibility index (Phi) is 47.3. The number of nitrogens with zero attached hydrogens (tertiary/aromatic N) is 2. The summed E-state index contributed by atoms with van der Waals surface area (Å²) in [4.78, 5) is 154. The third-order valence-corrected chi connectivity index (χ3v) is 13.0. The number of carboxylic acid groups (broad SMARTS) is 1. The number of carbonyl (C=O) groups excluding carboxylic acids is 11. The molecule has 550 valence electrons. The van der Waals surface area contributed by atoms with Gasteiger partial charge < -0.3 is 137 Å². The Morgan fingerprint density at radius 1 is 0.427 bits per heavy atom. The average Bonchev–Trinajstić information content (AvgIpc) is 0.957. The van der Waals surface area contributed by atoms with Crippen LogP contribution < -0.4 is 43.0 Å². The van der Waals surface area contributed by atoms with Crippen LogP contribution in [0.1, 0.15) is 32.1 Å². The van der Waals surface area contributed by atoms with E-state index in [1.54, 1.807) is 0 Å². The predicted octanol–water partition coefficient (Wildman–Crippen LogP) is -13.2. The number of aliphatic hydroxyl groups is 10. The van der Waals surface area contributed by atoms with Gasteiger partial charge in [-0.15, -0.1) is 0 Å². The first-order valence-corrected chi connectivity index (χ1v) is 30.3. The highest BCUT2D eigenvalue weighted by molar-refractivity contribution is 6.14. The van der Waals surface area contributed by atoms with Crippen LogP contribution in [-0.2, 0) is 95.4 Å². The van der Waals surface area contributed by atoms with Gasteiger partial charge in [0.05, 0.1) is 164 Å². The highest BCUT2D eigenvalue weighted by Crippen LogP contribution is 2.14. The largest absolute Gasteiger partial charge is 0.481 e. The summed E-state index contributed by atoms with van der Waals surface area (Å²) in [7, 11) is 0. The van der Waals surface area contributed by atoms with E-state index in [-0.39, 0.29) is 39.6 Å². The molecule has 20 N–H and O–H groups in total. The van der Waals surface area contributed by atoms with Crippen molar-refractivity contribution in [1.82, 2.24) is 47.0 Å². The number of hydrogen-bond donors (Lipinski definition) is 19. The summed E-state index contributed by atoms with van der Waals surface area (Å²) in [6.07, 6.45) is -18.1. The maximum Gasteiger partial charge on any atom is 0.303 e. The standard InChI is InChI=1S/C55H94N10O31/c56-8-10-90-12-14-92-16-18-94-20-22-96-24-23-95-21-19-93-17-15-91-13-11-89-9-7-47(79)65(35(55(88)61-26-37(69)51(84)53(86)39(71)33-67)2-3-40(72)57-25-36(68)50(83)52(85)38(70)32-66)48(80)30-60-42(74)28-58-41(73)27-59-43(75)29-62-54(87)34(1-6-49(81)82)63-44(76)31-64-45(77)4-5-46(64)78/h4-5,34-39,50-53,66-71,83-86H,1-3,6-33,56H2,(H,57,72)(H,58,73)(H,59,75)(H,60,74)(H,61,88)(H,62,87)(H,63,76)(H,81,82)/t34-,35-,36-,37-,38+,39+,50+,51+,52+,53+/m0/s1. The fraction of sp³-hybridized carbons (Fsp3) is 0.745. The van der Waals surface area contributed by atoms with Gasteiger partial charge in [0, 0.05) is 44.6 Å². The topological polar surface area (TPSA) is 618 Å². The van der Waals surface area contributed by atoms with Gasteiger partial charge in [-0.2, -0.15) is 0 Å². The molecule has 41 nitrogen and oxygen atoms in total. The Labute approximate surface area is 550 Å². The molecule has 1 heterocycles. The minimum Gasteiger partial charge on any atom is -0.481 e. The van der Waals surface area contributed by atoms with Crippen molar-refractivity contribution < 1.29 is 152 Å². The van der Waals surface area contributed by atoms with Gasteiger partial charge in [-0.05, 0) is 12.8 Å². The van der Waals surface area contributed by atoms with Gasteiger partial charge in [0.25, 0.3) is 11.8 Å². The predicted molar refractivity (Wildman–Crippen MR) is 320 cm³/mol. The molecule has 10 atom stereocenters. The zero-order valence-corrected chi connectivity index (χ0v) is 52.9. The summed E-state index contributed by atoms with van der Waals surface area (Å²) in [5.74, 6) is -13.1. The van der Waals surface area contributed by atoms with Gasteiger partial charge in [-0.3, -0.25) is 67.3 Å². The highest BCUT2D eigenvalue weighted by atomic mass is 16.6. The molecule has 0 saturated heterocycles. The van der Waals surface area contributed by atoms with Crippen molar-refractivity contribution in [2.45, 2.75) is 93.0 Å². The second-order valence-electron chi connectivity index (χ2n) is 20.5. The molecule has 41 heteroatoms. The van der Waals surface area contributed by atoms with E-state index in [1.807, 2.05) is 0 Å². The van der Waals surface area contributed by atoms with Crippen LogP contribution >= 0.6 is 0 Å². The number of amides is 11. The second-order valence-corrected chi connectivity index (χ2v) is 20.5. The molecular formula is C55H94N10O31. The fourth-order valence-corrected chi connectivity index (χ4v) is 7.74. The Balaban J connectivity index is 3.02. The summed E-state index contributed by atoms with van der Waals surface area (Å²) < 4.78 is 43.3. The molecule has 0 aromatic rings. The van der Waals surface area contributed by atoms with Crippen molar-refractivity contribution in [3.63, 3.8) is 0 Å². The van der Waals surface area contributed by atoms with Crippen molar-refractivity contribution in [3.8, 4) is 0 Å². The van der Waals surface area contributed by atoms with E-state index in [0.717, 1.165) is 12.2 Å². The summed E-state index contributed by atoms with van der Waals surface area (Å²) in [6.45, 7) is -4.21. The Hall–Kier alpha value is -6.98. The smallest absolute Gasteiger partial charge is 0.303 e. The van der Waals surface area contributed by atoms with Crippen LogP contribution in [0.2, 0.25) is 0 Å². The minimum absolute atomic E-state index is 0.0246. The second kappa shape index (κ2) is 52.2. The maximum atomic E-state index is 14.1. The molecule has 96 heavy (non-hydrogen) atoms. The Morgan fingerprint density at radius 3 is 1.23 bits per heavy atom. The molecule has 11 amide bonds. The molecule has 0 radical (unpaired) electrons. The van der Waals surface area contributed by atoms with Crippen LogP contribution in [0.15, 0.2) is 12.2 Å². The lowest BCUT2D eigenvalue weighted by molar-refractivity contribution is -0.153. The van der Waals surface area contributed by atoms with Crippen LogP contribution in [0.25, 0.3) is 0 Å². The van der Waals surface area contributed by atoms with Crippen molar-refractivity contribution in [2.24, 2.45) is 5.73 Å². The van der Waals surface area contributed by atoms with E-state index in [2.05, 4.69) is 37.2 Å². The third kappa shape index (κ3) is 38.7. The van der Waals surface area contributed by atoms with Crippen molar-refractivity contribution in [3.05, 3.63) is 12.2 Å². The Bertz CT molecular complexity index is 2380. The minimum atomic E-state index is -2.22. The molecular weight excluding hydrogens is 1300 g/mol. The molecule has 1 rings (SSSR count). The van der Waals surface area contributed by atoms with Crippen LogP contribution in [0.4, 0.5) is 0 Å². The molecule has 0 saturated carbocycles. The van der Waals surface area contributed by atoms with Crippen molar-refractivity contribution in [2.75, 3.05) is 171 Å². The van der Waals surface area contributed by atoms with Crippen LogP contribution in [0.5, 0.6) is 0 Å². The summed E-state index contributed by atoms with van der Waals surface area (Å²) in [5, 5.41) is 123. The molecule has 0 aliphatic carbocycles. The van der Waals surface area contributed by atoms with E-state index in [9.17, 15) is 103 Å². The first-order valence-electron chi connectivity index (χ1n) is 30.3. The monoisotopic (exact) mass is 1390 g/mol. The number of carboxylic acids is 1. The molecule has 0 fully saturated rings. The van der Waals surface area contributed by atoms with E-state index in [0.29, 0.717) is 75.8 Å². The lowest BCUT2D eigenvalue weighted by atomic mass is 10.0. The fourth-order valence-electron chi connectivity index (χ4n) is 7.74. The number of nitrogens with one attached hydrogen (secondary N) is 7. The zero-order chi connectivity index (χ0) is 71.8. The molecule has 0 aromatic heterocycles. The number of hydrogen-bond acceptors (Lipinski definition) is 31. The Morgan fingerprint density at radius 2 is 0.812 bits per heavy atom. The number of nitrogens with two attached hydrogens (primary N) is 1. The molecule has 0 aromatic carbocycles. The highest BCUT2D eigenvalue weighted by Gasteiger charge is 2.38. The van der Waals surface area contributed by atoms with E-state index in [1.165, 1.54) is 0 Å². The van der Waals surface area contributed by atoms with Gasteiger partial charge in [-0.25, -0.2) is 0 Å². The van der Waals surface area contributed by atoms with Crippen LogP contribution in [0.3, 0.4) is 0 Å². The number of aliphatic carboxylic acids is 1. The first kappa shape index (κ1) is 87.0. The lowest BCUT2D eigenvalue weighted by Crippen LogP contribution is -2.57. The molecule has 0 bridgehead atoms. The number of carbonyl (C=O) groups is 12. The summed E-state index contributed by atoms with van der Waals surface area (Å²) in [6, 6.07) is -3.63. The SMILES string of the molecule is NCCOCCOCCOCCOCCOCCOCCOCCOCCC(=O)N(C(=O)CNC(=O)CNC(=O)CNC(=O)CNC(=O)[C@H](CCC(=O)O)NC(=O)CN1C(=O)C=CC1=O)[C@@H](CCC(=O)NC[C@H](O)[C@@H](O)[C@H](O)[C@H](O)CO)C(=O)NC[C@H](O)[C@@H](O)[C@H](O)[C@H](O)CO. The summed E-state index contributed by atoms with van der Waals surface area (Å²) in [5.41, 5.74) is 5.34. The number of ether oxygens (including phenoxy) is 8. The normalized spacial score (nSPS) is 15.2. The first-order chi connectivity index (χ1) is 45.8. The summed E-state index contributed by atoms with van der Waals surface area (Å²) >= 11 is 0. The van der Waals surface area contributed by atoms with Crippen molar-refractivity contribution >= 4 is 70.9 Å². The lowest BCUT2D eigenvalue weighted by Gasteiger charge is -2.31. The zero-order valence-electron chi connectivity index (χ0n) is 52.9. The van der Waals surface area contributed by atoms with E-state index < -0.39 is 230 Å². The third-order valence-electron chi connectivity index (χ3n) is 13.0. The van der Waals surface area contributed by atoms with E-state index in [4.69, 9.17) is 53.8 Å². The van der Waals surface area contributed by atoms with Crippen LogP contribution in [0, 0.1) is 0 Å². The number of aliphatic hydroxyl groups excluding tert-OH is 10. The molecule has 0 unspecified atom stereocenters. The molecule has 0 spiro atoms. The number of rotatable bonds is 58. The molecule has 1 aliphatic heterocycles. The van der Waals surface area contributed by atoms with Gasteiger partial charge in [-0.1, -0.05) is 0 Å². The van der Waals surface area contributed by atoms with Crippen LogP contribution in [-0.4, -0.2) is 369 Å². The maximum absolute atomic E-state index is 14.1. The van der Waals surface area contributed by atoms with Gasteiger partial charge in [0.1, 0.15) is 55.3 Å². The van der Waals surface area contributed by atoms with Crippen molar-refractivity contribution in [1.29, 1.82) is 0 Å².